The molecule has 4 aromatic rings. The highest BCUT2D eigenvalue weighted by Crippen LogP contribution is 2.26. The van der Waals surface area contributed by atoms with Crippen molar-refractivity contribution >= 4 is 40.8 Å². The zero-order valence-corrected chi connectivity index (χ0v) is 21.3. The lowest BCUT2D eigenvalue weighted by Crippen LogP contribution is -2.27. The lowest BCUT2D eigenvalue weighted by atomic mass is 10.1. The molecule has 1 amide bonds. The van der Waals surface area contributed by atoms with E-state index in [1.807, 2.05) is 19.9 Å². The number of nitrogens with one attached hydrogen (secondary N) is 3. The Labute approximate surface area is 216 Å². The van der Waals surface area contributed by atoms with Gasteiger partial charge in [-0.1, -0.05) is 13.8 Å². The quantitative estimate of drug-likeness (QED) is 0.273. The fourth-order valence-corrected chi connectivity index (χ4v) is 3.75. The number of benzene rings is 1. The van der Waals surface area contributed by atoms with Crippen LogP contribution in [0.25, 0.3) is 11.2 Å². The van der Waals surface area contributed by atoms with E-state index in [2.05, 4.69) is 25.6 Å². The van der Waals surface area contributed by atoms with Crippen LogP contribution in [0.1, 0.15) is 60.0 Å². The molecule has 3 aromatic heterocycles. The molecule has 0 aliphatic carbocycles. The van der Waals surface area contributed by atoms with Crippen molar-refractivity contribution in [1.29, 1.82) is 10.7 Å². The minimum absolute atomic E-state index is 0.0240. The predicted octanol–water partition coefficient (Wildman–Crippen LogP) is 4.98. The molecular formula is C24H24F2N8O2S. The SMILES string of the molecule is CC.CNc1cc(F)ccc1C(=N)c1cnc2c(n1)c(C(=O)N[C@H](C)c1nc(CC#N)co1)cn2SF. The maximum atomic E-state index is 13.6. The summed E-state index contributed by atoms with van der Waals surface area (Å²) in [6.45, 7) is 5.64. The van der Waals surface area contributed by atoms with Gasteiger partial charge in [-0.25, -0.2) is 23.3 Å². The molecule has 10 nitrogen and oxygen atoms in total. The number of aromatic nitrogens is 4. The monoisotopic (exact) mass is 526 g/mol. The Hall–Kier alpha value is -4.31. The van der Waals surface area contributed by atoms with Crippen molar-refractivity contribution in [2.45, 2.75) is 33.2 Å². The summed E-state index contributed by atoms with van der Waals surface area (Å²) in [5.74, 6) is -0.856. The van der Waals surface area contributed by atoms with E-state index in [9.17, 15) is 13.1 Å². The molecule has 37 heavy (non-hydrogen) atoms. The Kier molecular flexibility index (Phi) is 8.91. The van der Waals surface area contributed by atoms with Gasteiger partial charge < -0.3 is 15.1 Å². The minimum atomic E-state index is -0.654. The molecule has 0 saturated carbocycles. The molecule has 0 saturated heterocycles. The molecule has 0 fully saturated rings. The molecule has 0 aliphatic rings. The van der Waals surface area contributed by atoms with Crippen molar-refractivity contribution in [3.8, 4) is 6.07 Å². The number of hydrogen-bond donors (Lipinski definition) is 3. The standard InChI is InChI=1S/C22H18F2N8O2S.C2H6/c1-11(22-30-13(5-6-25)10-34-22)29-21(33)15-9-32(35-24)20-19(15)31-17(8-28-20)18(26)14-4-3-12(23)7-16(14)27-2;1-2/h3-4,7-11,26-27H,5H2,1-2H3,(H,29,33);1-2H3/t11-;/m1./s1. The number of fused-ring (bicyclic) bond motifs is 1. The summed E-state index contributed by atoms with van der Waals surface area (Å²) in [6.07, 6.45) is 3.94. The molecule has 4 rings (SSSR count). The summed E-state index contributed by atoms with van der Waals surface area (Å²) >= 11 is -0.154. The molecule has 3 N–H and O–H groups in total. The normalized spacial score (nSPS) is 11.3. The third-order valence-electron chi connectivity index (χ3n) is 5.11. The van der Waals surface area contributed by atoms with Gasteiger partial charge in [0, 0.05) is 24.5 Å². The number of hydrogen-bond acceptors (Lipinski definition) is 9. The van der Waals surface area contributed by atoms with E-state index >= 15 is 0 Å². The maximum Gasteiger partial charge on any atom is 0.255 e. The first-order valence-corrected chi connectivity index (χ1v) is 11.9. The number of nitrogens with zero attached hydrogens (tertiary/aromatic N) is 5. The second-order valence-corrected chi connectivity index (χ2v) is 7.92. The molecule has 1 aromatic carbocycles. The number of anilines is 1. The van der Waals surface area contributed by atoms with Crippen molar-refractivity contribution in [2.24, 2.45) is 0 Å². The molecule has 0 unspecified atom stereocenters. The van der Waals surface area contributed by atoms with Gasteiger partial charge in [0.2, 0.25) is 5.89 Å². The van der Waals surface area contributed by atoms with Gasteiger partial charge in [-0.05, 0) is 25.1 Å². The summed E-state index contributed by atoms with van der Waals surface area (Å²) < 4.78 is 33.5. The van der Waals surface area contributed by atoms with Crippen molar-refractivity contribution in [3.05, 3.63) is 71.1 Å². The topological polar surface area (TPSA) is 146 Å². The van der Waals surface area contributed by atoms with Crippen molar-refractivity contribution in [3.63, 3.8) is 0 Å². The van der Waals surface area contributed by atoms with Gasteiger partial charge in [-0.15, -0.1) is 3.89 Å². The molecule has 0 spiro atoms. The zero-order chi connectivity index (χ0) is 27.1. The summed E-state index contributed by atoms with van der Waals surface area (Å²) in [5.41, 5.74) is 1.42. The van der Waals surface area contributed by atoms with Gasteiger partial charge in [-0.2, -0.15) is 5.26 Å². The van der Waals surface area contributed by atoms with Crippen LogP contribution in [-0.4, -0.2) is 37.6 Å². The van der Waals surface area contributed by atoms with Gasteiger partial charge in [0.25, 0.3) is 5.91 Å². The zero-order valence-electron chi connectivity index (χ0n) is 20.5. The van der Waals surface area contributed by atoms with Crippen LogP contribution < -0.4 is 10.6 Å². The van der Waals surface area contributed by atoms with Crippen LogP contribution in [0.5, 0.6) is 0 Å². The third kappa shape index (κ3) is 5.75. The third-order valence-corrected chi connectivity index (χ3v) is 5.53. The van der Waals surface area contributed by atoms with Crippen LogP contribution in [0.2, 0.25) is 0 Å². The lowest BCUT2D eigenvalue weighted by molar-refractivity contribution is 0.0935. The fraction of sp³-hybridized carbons (Fsp3) is 0.250. The van der Waals surface area contributed by atoms with E-state index in [-0.39, 0.29) is 52.8 Å². The number of carbonyl (C=O) groups excluding carboxylic acids is 1. The van der Waals surface area contributed by atoms with E-state index in [4.69, 9.17) is 15.1 Å². The average molecular weight is 527 g/mol. The Bertz CT molecular complexity index is 1480. The lowest BCUT2D eigenvalue weighted by Gasteiger charge is -2.11. The van der Waals surface area contributed by atoms with Crippen LogP contribution >= 0.6 is 12.3 Å². The Balaban J connectivity index is 0.00000186. The Morgan fingerprint density at radius 1 is 1.32 bits per heavy atom. The number of rotatable bonds is 8. The summed E-state index contributed by atoms with van der Waals surface area (Å²) in [7, 11) is 1.60. The second-order valence-electron chi connectivity index (χ2n) is 7.39. The van der Waals surface area contributed by atoms with Crippen LogP contribution in [0.3, 0.4) is 0 Å². The molecule has 0 bridgehead atoms. The molecule has 0 radical (unpaired) electrons. The van der Waals surface area contributed by atoms with Crippen molar-refractivity contribution in [2.75, 3.05) is 12.4 Å². The molecule has 192 valence electrons. The smallest absolute Gasteiger partial charge is 0.255 e. The second kappa shape index (κ2) is 12.1. The highest BCUT2D eigenvalue weighted by Gasteiger charge is 2.23. The average Bonchev–Trinajstić information content (AvgIpc) is 3.54. The van der Waals surface area contributed by atoms with Gasteiger partial charge in [-0.3, -0.25) is 10.2 Å². The molecular weight excluding hydrogens is 502 g/mol. The van der Waals surface area contributed by atoms with Gasteiger partial charge in [0.05, 0.1) is 35.7 Å². The van der Waals surface area contributed by atoms with E-state index in [0.29, 0.717) is 16.9 Å². The van der Waals surface area contributed by atoms with Crippen LogP contribution in [0, 0.1) is 22.6 Å². The molecule has 1 atom stereocenters. The first-order chi connectivity index (χ1) is 17.9. The van der Waals surface area contributed by atoms with Gasteiger partial charge >= 0.3 is 0 Å². The first kappa shape index (κ1) is 27.3. The molecule has 13 heteroatoms. The molecule has 3 heterocycles. The predicted molar refractivity (Wildman–Crippen MR) is 137 cm³/mol. The Morgan fingerprint density at radius 3 is 2.76 bits per heavy atom. The summed E-state index contributed by atoms with van der Waals surface area (Å²) in [6, 6.07) is 5.21. The van der Waals surface area contributed by atoms with Crippen molar-refractivity contribution in [1.82, 2.24) is 24.2 Å². The minimum Gasteiger partial charge on any atom is -0.446 e. The van der Waals surface area contributed by atoms with Crippen molar-refractivity contribution < 1.29 is 17.5 Å². The van der Waals surface area contributed by atoms with Crippen LogP contribution in [0.15, 0.2) is 41.3 Å². The van der Waals surface area contributed by atoms with Gasteiger partial charge in [0.15, 0.2) is 18.0 Å². The van der Waals surface area contributed by atoms with Crippen LogP contribution in [-0.2, 0) is 6.42 Å². The largest absolute Gasteiger partial charge is 0.446 e. The van der Waals surface area contributed by atoms with E-state index in [1.54, 1.807) is 14.0 Å². The summed E-state index contributed by atoms with van der Waals surface area (Å²) in [4.78, 5) is 25.8. The fourth-order valence-electron chi connectivity index (χ4n) is 3.40. The molecule has 0 aliphatic heterocycles. The first-order valence-electron chi connectivity index (χ1n) is 11.2. The Morgan fingerprint density at radius 2 is 2.08 bits per heavy atom. The number of nitriles is 1. The number of oxazole rings is 1. The number of halogens is 2. The highest BCUT2D eigenvalue weighted by atomic mass is 32.2. The van der Waals surface area contributed by atoms with Gasteiger partial charge in [0.1, 0.15) is 29.3 Å². The van der Waals surface area contributed by atoms with Crippen LogP contribution in [0.4, 0.5) is 14.0 Å². The number of carbonyl (C=O) groups is 1. The van der Waals surface area contributed by atoms with E-state index in [0.717, 1.165) is 3.97 Å². The summed E-state index contributed by atoms with van der Waals surface area (Å²) in [5, 5.41) is 22.9. The highest BCUT2D eigenvalue weighted by molar-refractivity contribution is 7.92. The number of amides is 1. The maximum absolute atomic E-state index is 13.6. The van der Waals surface area contributed by atoms with E-state index < -0.39 is 17.8 Å². The van der Waals surface area contributed by atoms with E-state index in [1.165, 1.54) is 36.9 Å².